The maximum Gasteiger partial charge on any atom is 0.268 e. The molecule has 3 atom stereocenters. The Hall–Kier alpha value is -3.66. The molecule has 0 unspecified atom stereocenters. The first-order valence-corrected chi connectivity index (χ1v) is 10.5. The zero-order valence-electron chi connectivity index (χ0n) is 17.3. The van der Waals surface area contributed by atoms with Crippen LogP contribution in [0.25, 0.3) is 10.9 Å². The third-order valence-corrected chi connectivity index (χ3v) is 5.75. The second-order valence-electron chi connectivity index (χ2n) is 8.13. The predicted molar refractivity (Wildman–Crippen MR) is 117 cm³/mol. The Bertz CT molecular complexity index is 1080. The normalized spacial score (nSPS) is 16.1. The molecule has 0 aliphatic heterocycles. The molecular formula is C24H25N5O2. The molecule has 2 heterocycles. The molecule has 2 aromatic heterocycles. The summed E-state index contributed by atoms with van der Waals surface area (Å²) in [6.07, 6.45) is 4.34. The molecule has 1 aliphatic rings. The van der Waals surface area contributed by atoms with Gasteiger partial charge in [0.1, 0.15) is 17.8 Å². The minimum absolute atomic E-state index is 0.277. The van der Waals surface area contributed by atoms with Crippen LogP contribution in [-0.4, -0.2) is 33.9 Å². The van der Waals surface area contributed by atoms with E-state index in [1.165, 1.54) is 0 Å². The average Bonchev–Trinajstić information content (AvgIpc) is 3.51. The molecular weight excluding hydrogens is 390 g/mol. The number of carbonyl (C=O) groups is 2. The SMILES string of the molecule is C[C@@H](c1ccccn1)[C@@H](C#N)NC(=O)[C@H](CC1CC1)NC(=O)c1cc2ccccc2[nH]1. The van der Waals surface area contributed by atoms with Crippen molar-refractivity contribution in [2.75, 3.05) is 0 Å². The fourth-order valence-corrected chi connectivity index (χ4v) is 3.69. The van der Waals surface area contributed by atoms with Crippen molar-refractivity contribution in [1.29, 1.82) is 5.26 Å². The van der Waals surface area contributed by atoms with E-state index in [0.717, 1.165) is 29.4 Å². The van der Waals surface area contributed by atoms with Gasteiger partial charge in [0.05, 0.1) is 6.07 Å². The molecule has 7 nitrogen and oxygen atoms in total. The number of fused-ring (bicyclic) bond motifs is 1. The summed E-state index contributed by atoms with van der Waals surface area (Å²) in [6.45, 7) is 1.86. The van der Waals surface area contributed by atoms with Crippen molar-refractivity contribution in [2.45, 2.75) is 44.2 Å². The quantitative estimate of drug-likeness (QED) is 0.524. The number of nitriles is 1. The number of aromatic nitrogens is 2. The van der Waals surface area contributed by atoms with Crippen LogP contribution in [0.1, 0.15) is 48.3 Å². The zero-order chi connectivity index (χ0) is 21.8. The first-order valence-electron chi connectivity index (χ1n) is 10.5. The van der Waals surface area contributed by atoms with Crippen molar-refractivity contribution >= 4 is 22.7 Å². The van der Waals surface area contributed by atoms with Crippen molar-refractivity contribution in [3.63, 3.8) is 0 Å². The molecule has 4 rings (SSSR count). The number of nitrogens with zero attached hydrogens (tertiary/aromatic N) is 2. The molecule has 0 saturated heterocycles. The van der Waals surface area contributed by atoms with Gasteiger partial charge < -0.3 is 15.6 Å². The molecule has 31 heavy (non-hydrogen) atoms. The summed E-state index contributed by atoms with van der Waals surface area (Å²) >= 11 is 0. The molecule has 7 heteroatoms. The van der Waals surface area contributed by atoms with E-state index in [0.29, 0.717) is 18.0 Å². The topological polar surface area (TPSA) is 111 Å². The van der Waals surface area contributed by atoms with Crippen LogP contribution in [0.15, 0.2) is 54.7 Å². The largest absolute Gasteiger partial charge is 0.351 e. The predicted octanol–water partition coefficient (Wildman–Crippen LogP) is 3.27. The number of H-pyrrole nitrogens is 1. The molecule has 0 bridgehead atoms. The summed E-state index contributed by atoms with van der Waals surface area (Å²) in [6, 6.07) is 15.6. The van der Waals surface area contributed by atoms with Crippen LogP contribution in [0.2, 0.25) is 0 Å². The smallest absolute Gasteiger partial charge is 0.268 e. The van der Waals surface area contributed by atoms with Gasteiger partial charge in [0, 0.05) is 28.7 Å². The number of nitrogens with one attached hydrogen (secondary N) is 3. The number of hydrogen-bond donors (Lipinski definition) is 3. The number of benzene rings is 1. The van der Waals surface area contributed by atoms with Gasteiger partial charge in [-0.1, -0.05) is 44.0 Å². The summed E-state index contributed by atoms with van der Waals surface area (Å²) in [5.41, 5.74) is 2.01. The summed E-state index contributed by atoms with van der Waals surface area (Å²) < 4.78 is 0. The number of para-hydroxylation sites is 1. The lowest BCUT2D eigenvalue weighted by Gasteiger charge is -2.23. The summed E-state index contributed by atoms with van der Waals surface area (Å²) in [5, 5.41) is 16.3. The lowest BCUT2D eigenvalue weighted by atomic mass is 9.98. The minimum Gasteiger partial charge on any atom is -0.351 e. The highest BCUT2D eigenvalue weighted by molar-refractivity contribution is 6.00. The van der Waals surface area contributed by atoms with Crippen LogP contribution in [0.5, 0.6) is 0 Å². The lowest BCUT2D eigenvalue weighted by Crippen LogP contribution is -2.50. The Morgan fingerprint density at radius 3 is 2.65 bits per heavy atom. The molecule has 3 aromatic rings. The van der Waals surface area contributed by atoms with Crippen LogP contribution >= 0.6 is 0 Å². The van der Waals surface area contributed by atoms with Crippen LogP contribution in [-0.2, 0) is 4.79 Å². The highest BCUT2D eigenvalue weighted by Gasteiger charge is 2.33. The Labute approximate surface area is 180 Å². The number of carbonyl (C=O) groups excluding carboxylic acids is 2. The van der Waals surface area contributed by atoms with E-state index in [4.69, 9.17) is 0 Å². The summed E-state index contributed by atoms with van der Waals surface area (Å²) in [5.74, 6) is -0.525. The molecule has 0 radical (unpaired) electrons. The average molecular weight is 415 g/mol. The standard InChI is InChI=1S/C24H25N5O2/c1-15(18-7-4-5-11-26-18)22(14-25)29-23(30)20(12-16-9-10-16)28-24(31)21-13-17-6-2-3-8-19(17)27-21/h2-8,11,13,15-16,20,22,27H,9-10,12H2,1H3,(H,28,31)(H,29,30)/t15-,20-,22+/m0/s1. The second kappa shape index (κ2) is 9.00. The van der Waals surface area contributed by atoms with Crippen LogP contribution < -0.4 is 10.6 Å². The third-order valence-electron chi connectivity index (χ3n) is 5.75. The van der Waals surface area contributed by atoms with E-state index in [-0.39, 0.29) is 17.7 Å². The number of amides is 2. The van der Waals surface area contributed by atoms with E-state index >= 15 is 0 Å². The maximum atomic E-state index is 13.0. The molecule has 1 aromatic carbocycles. The Morgan fingerprint density at radius 2 is 1.97 bits per heavy atom. The van der Waals surface area contributed by atoms with Crippen molar-refractivity contribution in [3.8, 4) is 6.07 Å². The monoisotopic (exact) mass is 415 g/mol. The van der Waals surface area contributed by atoms with Crippen LogP contribution in [0.4, 0.5) is 0 Å². The number of hydrogen-bond acceptors (Lipinski definition) is 4. The van der Waals surface area contributed by atoms with E-state index < -0.39 is 12.1 Å². The maximum absolute atomic E-state index is 13.0. The van der Waals surface area contributed by atoms with Crippen molar-refractivity contribution in [3.05, 3.63) is 66.1 Å². The molecule has 1 aliphatic carbocycles. The van der Waals surface area contributed by atoms with Gasteiger partial charge in [-0.25, -0.2) is 0 Å². The van der Waals surface area contributed by atoms with Gasteiger partial charge in [0.15, 0.2) is 0 Å². The van der Waals surface area contributed by atoms with Crippen LogP contribution in [0, 0.1) is 17.2 Å². The van der Waals surface area contributed by atoms with Gasteiger partial charge in [-0.3, -0.25) is 14.6 Å². The number of pyridine rings is 1. The van der Waals surface area contributed by atoms with Gasteiger partial charge in [-0.05, 0) is 36.6 Å². The van der Waals surface area contributed by atoms with Gasteiger partial charge in [-0.2, -0.15) is 5.26 Å². The summed E-state index contributed by atoms with van der Waals surface area (Å²) in [4.78, 5) is 33.3. The highest BCUT2D eigenvalue weighted by Crippen LogP contribution is 2.33. The van der Waals surface area contributed by atoms with E-state index in [9.17, 15) is 14.9 Å². The fraction of sp³-hybridized carbons (Fsp3) is 0.333. The van der Waals surface area contributed by atoms with Gasteiger partial charge in [0.25, 0.3) is 5.91 Å². The highest BCUT2D eigenvalue weighted by atomic mass is 16.2. The minimum atomic E-state index is -0.742. The molecule has 0 spiro atoms. The molecule has 2 amide bonds. The molecule has 3 N–H and O–H groups in total. The Balaban J connectivity index is 1.46. The van der Waals surface area contributed by atoms with E-state index in [1.807, 2.05) is 43.3 Å². The Morgan fingerprint density at radius 1 is 1.19 bits per heavy atom. The van der Waals surface area contributed by atoms with E-state index in [2.05, 4.69) is 26.7 Å². The second-order valence-corrected chi connectivity index (χ2v) is 8.13. The summed E-state index contributed by atoms with van der Waals surface area (Å²) in [7, 11) is 0. The number of rotatable bonds is 8. The van der Waals surface area contributed by atoms with Crippen molar-refractivity contribution in [1.82, 2.24) is 20.6 Å². The molecule has 1 fully saturated rings. The van der Waals surface area contributed by atoms with Gasteiger partial charge in [0.2, 0.25) is 5.91 Å². The van der Waals surface area contributed by atoms with Crippen molar-refractivity contribution < 1.29 is 9.59 Å². The number of aromatic amines is 1. The first-order chi connectivity index (χ1) is 15.0. The Kier molecular flexibility index (Phi) is 5.99. The lowest BCUT2D eigenvalue weighted by molar-refractivity contribution is -0.123. The van der Waals surface area contributed by atoms with Gasteiger partial charge in [-0.15, -0.1) is 0 Å². The third kappa shape index (κ3) is 4.92. The van der Waals surface area contributed by atoms with Crippen molar-refractivity contribution in [2.24, 2.45) is 5.92 Å². The molecule has 1 saturated carbocycles. The zero-order valence-corrected chi connectivity index (χ0v) is 17.3. The fourth-order valence-electron chi connectivity index (χ4n) is 3.69. The van der Waals surface area contributed by atoms with Crippen LogP contribution in [0.3, 0.4) is 0 Å². The van der Waals surface area contributed by atoms with Gasteiger partial charge >= 0.3 is 0 Å². The first kappa shape index (κ1) is 20.6. The molecule has 158 valence electrons. The van der Waals surface area contributed by atoms with E-state index in [1.54, 1.807) is 18.3 Å².